The Morgan fingerprint density at radius 2 is 2.00 bits per heavy atom. The molecule has 0 aromatic carbocycles. The molecule has 9 heteroatoms. The fourth-order valence-electron chi connectivity index (χ4n) is 3.20. The van der Waals surface area contributed by atoms with Crippen molar-refractivity contribution in [1.82, 2.24) is 9.88 Å². The van der Waals surface area contributed by atoms with E-state index in [1.165, 1.54) is 17.6 Å². The van der Waals surface area contributed by atoms with Crippen LogP contribution in [0.15, 0.2) is 44.7 Å². The van der Waals surface area contributed by atoms with Crippen molar-refractivity contribution in [3.8, 4) is 17.7 Å². The van der Waals surface area contributed by atoms with Crippen LogP contribution < -0.4 is 4.90 Å². The summed E-state index contributed by atoms with van der Waals surface area (Å²) in [5.74, 6) is 1.06. The van der Waals surface area contributed by atoms with E-state index in [1.54, 1.807) is 23.1 Å². The number of ketones is 1. The number of nitriles is 1. The lowest BCUT2D eigenvalue weighted by atomic mass is 10.1. The van der Waals surface area contributed by atoms with Gasteiger partial charge in [0.1, 0.15) is 6.07 Å². The molecular formula is C20H18N4O4S. The number of oxazole rings is 1. The van der Waals surface area contributed by atoms with Crippen molar-refractivity contribution >= 4 is 28.9 Å². The first-order valence-corrected chi connectivity index (χ1v) is 10.1. The zero-order chi connectivity index (χ0) is 20.2. The Labute approximate surface area is 171 Å². The van der Waals surface area contributed by atoms with Crippen LogP contribution in [0.1, 0.15) is 28.2 Å². The average molecular weight is 410 g/mol. The third-order valence-corrected chi connectivity index (χ3v) is 5.64. The summed E-state index contributed by atoms with van der Waals surface area (Å²) in [5.41, 5.74) is 0.192. The Balaban J connectivity index is 1.34. The van der Waals surface area contributed by atoms with E-state index in [9.17, 15) is 14.9 Å². The number of furan rings is 1. The van der Waals surface area contributed by atoms with Gasteiger partial charge >= 0.3 is 0 Å². The number of hydrogen-bond acceptors (Lipinski definition) is 8. The minimum Gasteiger partial charge on any atom is -0.459 e. The number of thiophene rings is 1. The summed E-state index contributed by atoms with van der Waals surface area (Å²) in [6.45, 7) is 2.03. The lowest BCUT2D eigenvalue weighted by molar-refractivity contribution is -0.131. The molecule has 1 amide bonds. The summed E-state index contributed by atoms with van der Waals surface area (Å²) in [4.78, 5) is 33.1. The van der Waals surface area contributed by atoms with Gasteiger partial charge in [-0.3, -0.25) is 9.59 Å². The molecule has 0 bridgehead atoms. The van der Waals surface area contributed by atoms with Crippen molar-refractivity contribution in [3.05, 3.63) is 46.5 Å². The van der Waals surface area contributed by atoms with Gasteiger partial charge < -0.3 is 18.6 Å². The quantitative estimate of drug-likeness (QED) is 0.575. The number of rotatable bonds is 6. The molecule has 0 unspecified atom stereocenters. The fourth-order valence-corrected chi connectivity index (χ4v) is 3.90. The Morgan fingerprint density at radius 1 is 1.17 bits per heavy atom. The van der Waals surface area contributed by atoms with Gasteiger partial charge in [0, 0.05) is 39.0 Å². The van der Waals surface area contributed by atoms with E-state index < -0.39 is 0 Å². The molecule has 0 saturated carbocycles. The maximum atomic E-state index is 12.5. The van der Waals surface area contributed by atoms with Gasteiger partial charge in [-0.1, -0.05) is 6.07 Å². The van der Waals surface area contributed by atoms with Crippen molar-refractivity contribution in [3.63, 3.8) is 0 Å². The third-order valence-electron chi connectivity index (χ3n) is 4.73. The highest BCUT2D eigenvalue weighted by molar-refractivity contribution is 7.12. The van der Waals surface area contributed by atoms with Crippen LogP contribution in [0.2, 0.25) is 0 Å². The summed E-state index contributed by atoms with van der Waals surface area (Å²) >= 11 is 1.39. The molecule has 1 aliphatic rings. The largest absolute Gasteiger partial charge is 0.459 e. The van der Waals surface area contributed by atoms with Crippen LogP contribution >= 0.6 is 11.3 Å². The molecule has 8 nitrogen and oxygen atoms in total. The molecule has 0 atom stereocenters. The fraction of sp³-hybridized carbons (Fsp3) is 0.300. The summed E-state index contributed by atoms with van der Waals surface area (Å²) < 4.78 is 11.0. The molecule has 4 heterocycles. The Morgan fingerprint density at radius 3 is 2.66 bits per heavy atom. The lowest BCUT2D eigenvalue weighted by Gasteiger charge is -2.34. The minimum absolute atomic E-state index is 0.00207. The molecule has 0 aliphatic carbocycles. The molecule has 0 N–H and O–H groups in total. The van der Waals surface area contributed by atoms with E-state index in [-0.39, 0.29) is 36.1 Å². The highest BCUT2D eigenvalue weighted by Crippen LogP contribution is 2.29. The van der Waals surface area contributed by atoms with E-state index in [2.05, 4.69) is 11.1 Å². The standard InChI is InChI=1S/C20H18N4O4S/c21-13-14-20(28-19(22-14)16-3-1-11-27-16)24-9-7-23(8-10-24)18(26)6-5-15(25)17-4-2-12-29-17/h1-4,11-12H,5-10H2. The summed E-state index contributed by atoms with van der Waals surface area (Å²) in [6.07, 6.45) is 1.93. The Hall–Kier alpha value is -3.38. The summed E-state index contributed by atoms with van der Waals surface area (Å²) in [7, 11) is 0. The van der Waals surface area contributed by atoms with Crippen molar-refractivity contribution in [2.45, 2.75) is 12.8 Å². The van der Waals surface area contributed by atoms with Crippen LogP contribution in [0.25, 0.3) is 11.7 Å². The first-order chi connectivity index (χ1) is 14.2. The summed E-state index contributed by atoms with van der Waals surface area (Å²) in [5, 5.41) is 11.2. The van der Waals surface area contributed by atoms with Gasteiger partial charge in [0.05, 0.1) is 11.1 Å². The van der Waals surface area contributed by atoms with Crippen molar-refractivity contribution < 1.29 is 18.4 Å². The summed E-state index contributed by atoms with van der Waals surface area (Å²) in [6, 6.07) is 9.09. The van der Waals surface area contributed by atoms with Crippen LogP contribution in [-0.4, -0.2) is 47.8 Å². The molecule has 0 spiro atoms. The molecule has 0 radical (unpaired) electrons. The maximum Gasteiger partial charge on any atom is 0.266 e. The molecule has 1 aliphatic heterocycles. The number of piperazine rings is 1. The van der Waals surface area contributed by atoms with Gasteiger partial charge in [-0.15, -0.1) is 11.3 Å². The minimum atomic E-state index is -0.0380. The number of hydrogen-bond donors (Lipinski definition) is 0. The SMILES string of the molecule is N#Cc1nc(-c2ccco2)oc1N1CCN(C(=O)CCC(=O)c2cccs2)CC1. The highest BCUT2D eigenvalue weighted by atomic mass is 32.1. The Bertz CT molecular complexity index is 1030. The zero-order valence-corrected chi connectivity index (χ0v) is 16.4. The average Bonchev–Trinajstić information content (AvgIpc) is 3.52. The van der Waals surface area contributed by atoms with Crippen LogP contribution in [0.3, 0.4) is 0 Å². The van der Waals surface area contributed by atoms with Gasteiger partial charge in [-0.2, -0.15) is 10.2 Å². The number of aromatic nitrogens is 1. The second-order valence-corrected chi connectivity index (χ2v) is 7.48. The van der Waals surface area contributed by atoms with E-state index in [0.717, 1.165) is 0 Å². The van der Waals surface area contributed by atoms with E-state index in [0.29, 0.717) is 42.7 Å². The molecular weight excluding hydrogens is 392 g/mol. The maximum absolute atomic E-state index is 12.5. The number of amides is 1. The van der Waals surface area contributed by atoms with Gasteiger partial charge in [-0.05, 0) is 23.6 Å². The van der Waals surface area contributed by atoms with Crippen LogP contribution in [0.4, 0.5) is 5.88 Å². The predicted octanol–water partition coefficient (Wildman–Crippen LogP) is 3.18. The molecule has 1 saturated heterocycles. The van der Waals surface area contributed by atoms with Gasteiger partial charge in [0.15, 0.2) is 11.5 Å². The zero-order valence-electron chi connectivity index (χ0n) is 15.5. The number of Topliss-reactive ketones (excluding diaryl/α,β-unsaturated/α-hetero) is 1. The van der Waals surface area contributed by atoms with Crippen molar-refractivity contribution in [2.75, 3.05) is 31.1 Å². The van der Waals surface area contributed by atoms with Crippen molar-refractivity contribution in [2.24, 2.45) is 0 Å². The monoisotopic (exact) mass is 410 g/mol. The highest BCUT2D eigenvalue weighted by Gasteiger charge is 2.27. The van der Waals surface area contributed by atoms with E-state index in [4.69, 9.17) is 8.83 Å². The normalized spacial score (nSPS) is 14.0. The molecule has 29 heavy (non-hydrogen) atoms. The second kappa shape index (κ2) is 8.32. The molecule has 4 rings (SSSR count). The van der Waals surface area contributed by atoms with E-state index >= 15 is 0 Å². The first kappa shape index (κ1) is 19.0. The van der Waals surface area contributed by atoms with Gasteiger partial charge in [0.2, 0.25) is 17.5 Å². The Kier molecular flexibility index (Phi) is 5.44. The smallest absolute Gasteiger partial charge is 0.266 e. The first-order valence-electron chi connectivity index (χ1n) is 9.20. The predicted molar refractivity (Wildman–Crippen MR) is 106 cm³/mol. The van der Waals surface area contributed by atoms with E-state index in [1.807, 2.05) is 16.3 Å². The molecule has 148 valence electrons. The lowest BCUT2D eigenvalue weighted by Crippen LogP contribution is -2.49. The van der Waals surface area contributed by atoms with Crippen molar-refractivity contribution in [1.29, 1.82) is 5.26 Å². The van der Waals surface area contributed by atoms with Crippen LogP contribution in [-0.2, 0) is 4.79 Å². The second-order valence-electron chi connectivity index (χ2n) is 6.53. The topological polar surface area (TPSA) is 104 Å². The molecule has 1 fully saturated rings. The van der Waals surface area contributed by atoms with Gasteiger partial charge in [-0.25, -0.2) is 0 Å². The molecule has 3 aromatic rings. The third kappa shape index (κ3) is 4.07. The van der Waals surface area contributed by atoms with Crippen LogP contribution in [0.5, 0.6) is 0 Å². The number of carbonyl (C=O) groups excluding carboxylic acids is 2. The number of anilines is 1. The molecule has 3 aromatic heterocycles. The van der Waals surface area contributed by atoms with Gasteiger partial charge in [0.25, 0.3) is 5.89 Å². The number of nitrogens with zero attached hydrogens (tertiary/aromatic N) is 4. The van der Waals surface area contributed by atoms with Crippen LogP contribution in [0, 0.1) is 11.3 Å². The number of carbonyl (C=O) groups is 2.